The van der Waals surface area contributed by atoms with E-state index in [2.05, 4.69) is 0 Å². The molecule has 0 saturated carbocycles. The fourth-order valence-electron chi connectivity index (χ4n) is 3.66. The van der Waals surface area contributed by atoms with Gasteiger partial charge in [0.05, 0.1) is 18.4 Å². The molecule has 138 valence electrons. The van der Waals surface area contributed by atoms with Crippen LogP contribution in [0.25, 0.3) is 0 Å². The van der Waals surface area contributed by atoms with Crippen LogP contribution < -0.4 is 9.47 Å². The minimum absolute atomic E-state index is 0.0580. The quantitative estimate of drug-likeness (QED) is 0.814. The summed E-state index contributed by atoms with van der Waals surface area (Å²) in [6, 6.07) is 13.8. The van der Waals surface area contributed by atoms with Crippen molar-refractivity contribution >= 4 is 17.8 Å². The van der Waals surface area contributed by atoms with Gasteiger partial charge in [-0.05, 0) is 23.3 Å². The van der Waals surface area contributed by atoms with E-state index in [0.29, 0.717) is 22.6 Å². The molecule has 2 aromatic carbocycles. The normalized spacial score (nSPS) is 21.0. The number of fused-ring (bicyclic) bond motifs is 1. The molecule has 2 amide bonds. The van der Waals surface area contributed by atoms with Gasteiger partial charge in [-0.1, -0.05) is 36.4 Å². The van der Waals surface area contributed by atoms with Gasteiger partial charge >= 0.3 is 5.97 Å². The van der Waals surface area contributed by atoms with E-state index in [-0.39, 0.29) is 25.7 Å². The molecule has 27 heavy (non-hydrogen) atoms. The number of aliphatic carboxylic acids is 1. The second-order valence-electron chi connectivity index (χ2n) is 6.67. The zero-order valence-electron chi connectivity index (χ0n) is 14.4. The second kappa shape index (κ2) is 6.42. The largest absolute Gasteiger partial charge is 0.481 e. The molecule has 0 aromatic heterocycles. The molecule has 1 N–H and O–H groups in total. The van der Waals surface area contributed by atoms with Gasteiger partial charge in [-0.25, -0.2) is 0 Å². The fraction of sp³-hybridized carbons (Fsp3) is 0.250. The van der Waals surface area contributed by atoms with E-state index in [9.17, 15) is 19.5 Å². The van der Waals surface area contributed by atoms with Gasteiger partial charge in [0.15, 0.2) is 11.5 Å². The number of nitrogens with zero attached hydrogens (tertiary/aromatic N) is 1. The van der Waals surface area contributed by atoms with Gasteiger partial charge in [0.1, 0.15) is 0 Å². The molecule has 1 atom stereocenters. The molecule has 2 aromatic rings. The summed E-state index contributed by atoms with van der Waals surface area (Å²) in [6.07, 6.45) is -0.591. The summed E-state index contributed by atoms with van der Waals surface area (Å²) in [5.74, 6) is -0.819. The van der Waals surface area contributed by atoms with E-state index in [1.54, 1.807) is 48.5 Å². The van der Waals surface area contributed by atoms with Crippen molar-refractivity contribution in [2.75, 3.05) is 6.79 Å². The molecule has 0 unspecified atom stereocenters. The van der Waals surface area contributed by atoms with Crippen molar-refractivity contribution in [2.24, 2.45) is 0 Å². The van der Waals surface area contributed by atoms with Crippen LogP contribution in [-0.2, 0) is 26.3 Å². The highest BCUT2D eigenvalue weighted by atomic mass is 16.7. The van der Waals surface area contributed by atoms with E-state index in [1.165, 1.54) is 0 Å². The van der Waals surface area contributed by atoms with Crippen molar-refractivity contribution < 1.29 is 29.0 Å². The number of carboxylic acid groups (broad SMARTS) is 1. The minimum atomic E-state index is -1.37. The van der Waals surface area contributed by atoms with Crippen molar-refractivity contribution in [3.05, 3.63) is 59.7 Å². The lowest BCUT2D eigenvalue weighted by molar-refractivity contribution is -0.145. The third-order valence-electron chi connectivity index (χ3n) is 4.97. The molecule has 2 aliphatic heterocycles. The Morgan fingerprint density at radius 3 is 2.56 bits per heavy atom. The van der Waals surface area contributed by atoms with Gasteiger partial charge in [-0.3, -0.25) is 19.3 Å². The Labute approximate surface area is 155 Å². The number of rotatable bonds is 5. The lowest BCUT2D eigenvalue weighted by atomic mass is 9.76. The number of ether oxygens (including phenoxy) is 2. The first-order valence-electron chi connectivity index (χ1n) is 8.50. The molecule has 0 radical (unpaired) electrons. The van der Waals surface area contributed by atoms with Gasteiger partial charge in [-0.15, -0.1) is 0 Å². The highest BCUT2D eigenvalue weighted by Gasteiger charge is 2.53. The molecule has 2 aliphatic rings. The van der Waals surface area contributed by atoms with Crippen molar-refractivity contribution in [3.8, 4) is 11.5 Å². The van der Waals surface area contributed by atoms with Gasteiger partial charge < -0.3 is 14.6 Å². The van der Waals surface area contributed by atoms with Crippen LogP contribution in [0.15, 0.2) is 48.5 Å². The Morgan fingerprint density at radius 2 is 1.81 bits per heavy atom. The summed E-state index contributed by atoms with van der Waals surface area (Å²) in [5.41, 5.74) is -0.125. The van der Waals surface area contributed by atoms with Crippen LogP contribution in [-0.4, -0.2) is 34.6 Å². The smallest absolute Gasteiger partial charge is 0.304 e. The number of amides is 2. The monoisotopic (exact) mass is 367 g/mol. The molecule has 1 saturated heterocycles. The van der Waals surface area contributed by atoms with Crippen molar-refractivity contribution in [1.29, 1.82) is 0 Å². The Hall–Kier alpha value is -3.35. The zero-order chi connectivity index (χ0) is 19.0. The Balaban J connectivity index is 1.66. The SMILES string of the molecule is O=C(O)C[C@]1(c2ccccc2)CC(=O)N(Cc2ccc3c(c2)OCO3)C1=O. The number of hydrogen-bond donors (Lipinski definition) is 1. The van der Waals surface area contributed by atoms with Gasteiger partial charge in [0.25, 0.3) is 0 Å². The highest BCUT2D eigenvalue weighted by Crippen LogP contribution is 2.41. The molecule has 0 bridgehead atoms. The summed E-state index contributed by atoms with van der Waals surface area (Å²) in [6.45, 7) is 0.193. The summed E-state index contributed by atoms with van der Waals surface area (Å²) in [7, 11) is 0. The third kappa shape index (κ3) is 2.91. The number of likely N-dealkylation sites (tertiary alicyclic amines) is 1. The Kier molecular flexibility index (Phi) is 4.07. The lowest BCUT2D eigenvalue weighted by Gasteiger charge is -2.25. The van der Waals surface area contributed by atoms with E-state index in [0.717, 1.165) is 4.90 Å². The average Bonchev–Trinajstić information content (AvgIpc) is 3.21. The maximum atomic E-state index is 13.2. The predicted octanol–water partition coefficient (Wildman–Crippen LogP) is 2.09. The number of carbonyl (C=O) groups excluding carboxylic acids is 2. The van der Waals surface area contributed by atoms with E-state index >= 15 is 0 Å². The van der Waals surface area contributed by atoms with Crippen molar-refractivity contribution in [3.63, 3.8) is 0 Å². The standard InChI is InChI=1S/C20H17NO6/c22-17-9-20(10-18(23)24,14-4-2-1-3-5-14)19(25)21(17)11-13-6-7-15-16(8-13)27-12-26-15/h1-8H,9-12H2,(H,23,24)/t20-/m0/s1. The highest BCUT2D eigenvalue weighted by molar-refractivity contribution is 6.10. The van der Waals surface area contributed by atoms with Gasteiger partial charge in [0, 0.05) is 6.42 Å². The molecule has 1 fully saturated rings. The lowest BCUT2D eigenvalue weighted by Crippen LogP contribution is -2.39. The average molecular weight is 367 g/mol. The number of carbonyl (C=O) groups is 3. The maximum Gasteiger partial charge on any atom is 0.304 e. The molecule has 4 rings (SSSR count). The Morgan fingerprint density at radius 1 is 1.07 bits per heavy atom. The topological polar surface area (TPSA) is 93.1 Å². The number of imide groups is 1. The minimum Gasteiger partial charge on any atom is -0.481 e. The van der Waals surface area contributed by atoms with Crippen LogP contribution >= 0.6 is 0 Å². The van der Waals surface area contributed by atoms with Gasteiger partial charge in [-0.2, -0.15) is 0 Å². The molecule has 0 spiro atoms. The molecular formula is C20H17NO6. The number of carboxylic acids is 1. The fourth-order valence-corrected chi connectivity index (χ4v) is 3.66. The van der Waals surface area contributed by atoms with Crippen LogP contribution in [0, 0.1) is 0 Å². The summed E-state index contributed by atoms with van der Waals surface area (Å²) < 4.78 is 10.6. The van der Waals surface area contributed by atoms with Crippen LogP contribution in [0.5, 0.6) is 11.5 Å². The molecule has 2 heterocycles. The Bertz CT molecular complexity index is 925. The summed E-state index contributed by atoms with van der Waals surface area (Å²) in [4.78, 5) is 38.4. The first kappa shape index (κ1) is 17.1. The number of hydrogen-bond acceptors (Lipinski definition) is 5. The summed E-state index contributed by atoms with van der Waals surface area (Å²) >= 11 is 0. The van der Waals surface area contributed by atoms with Crippen LogP contribution in [0.4, 0.5) is 0 Å². The molecule has 7 nitrogen and oxygen atoms in total. The summed E-state index contributed by atoms with van der Waals surface area (Å²) in [5, 5.41) is 9.37. The first-order chi connectivity index (χ1) is 13.0. The van der Waals surface area contributed by atoms with E-state index in [4.69, 9.17) is 9.47 Å². The first-order valence-corrected chi connectivity index (χ1v) is 8.50. The van der Waals surface area contributed by atoms with E-state index in [1.807, 2.05) is 0 Å². The zero-order valence-corrected chi connectivity index (χ0v) is 14.4. The van der Waals surface area contributed by atoms with Gasteiger partial charge in [0.2, 0.25) is 18.6 Å². The van der Waals surface area contributed by atoms with Crippen molar-refractivity contribution in [2.45, 2.75) is 24.8 Å². The van der Waals surface area contributed by atoms with Crippen LogP contribution in [0.2, 0.25) is 0 Å². The van der Waals surface area contributed by atoms with Crippen molar-refractivity contribution in [1.82, 2.24) is 4.90 Å². The third-order valence-corrected chi connectivity index (χ3v) is 4.97. The maximum absolute atomic E-state index is 13.2. The van der Waals surface area contributed by atoms with Crippen LogP contribution in [0.3, 0.4) is 0 Å². The van der Waals surface area contributed by atoms with E-state index < -0.39 is 23.7 Å². The second-order valence-corrected chi connectivity index (χ2v) is 6.67. The number of benzene rings is 2. The molecule has 0 aliphatic carbocycles. The van der Waals surface area contributed by atoms with Crippen LogP contribution in [0.1, 0.15) is 24.0 Å². The predicted molar refractivity (Wildman–Crippen MR) is 93.1 cm³/mol. The molecule has 7 heteroatoms. The molecular weight excluding hydrogens is 350 g/mol.